The van der Waals surface area contributed by atoms with Crippen LogP contribution >= 0.6 is 11.6 Å². The maximum Gasteiger partial charge on any atom is 0.256 e. The van der Waals surface area contributed by atoms with Crippen molar-refractivity contribution < 1.29 is 23.8 Å². The Hall–Kier alpha value is -3.78. The van der Waals surface area contributed by atoms with Gasteiger partial charge < -0.3 is 24.4 Å². The van der Waals surface area contributed by atoms with Crippen LogP contribution in [-0.4, -0.2) is 51.8 Å². The average molecular weight is 526 g/mol. The zero-order valence-corrected chi connectivity index (χ0v) is 22.9. The minimum absolute atomic E-state index is 0.00106. The maximum absolute atomic E-state index is 13.1. The molecule has 3 rings (SSSR count). The highest BCUT2D eigenvalue weighted by molar-refractivity contribution is 6.49. The maximum atomic E-state index is 13.1. The molecule has 0 fully saturated rings. The first-order valence-corrected chi connectivity index (χ1v) is 12.2. The number of ketones is 1. The summed E-state index contributed by atoms with van der Waals surface area (Å²) in [6, 6.07) is 9.05. The number of rotatable bonds is 9. The number of halogens is 1. The molecule has 2 aromatic rings. The number of aryl methyl sites for hydroxylation is 1. The fraction of sp³-hybridized carbons (Fsp3) is 0.321. The molecular weight excluding hydrogens is 494 g/mol. The van der Waals surface area contributed by atoms with Crippen LogP contribution in [0.3, 0.4) is 0 Å². The van der Waals surface area contributed by atoms with Crippen LogP contribution in [0.1, 0.15) is 36.7 Å². The lowest BCUT2D eigenvalue weighted by molar-refractivity contribution is -0.112. The molecule has 1 aliphatic rings. The number of carbonyl (C=O) groups is 2. The molecule has 0 atom stereocenters. The summed E-state index contributed by atoms with van der Waals surface area (Å²) >= 11 is 6.38. The molecule has 0 spiro atoms. The molecule has 0 radical (unpaired) electrons. The SMILES string of the molecule is CCN(CC)c1ccc(N=C2C=C(NC(=O)c3cc(OC)c(OC)c(OC)c3)C(=O)C(Cl)=C2C)c(C)c1. The van der Waals surface area contributed by atoms with Crippen LogP contribution < -0.4 is 24.4 Å². The highest BCUT2D eigenvalue weighted by Crippen LogP contribution is 2.38. The Labute approximate surface area is 222 Å². The molecule has 196 valence electrons. The van der Waals surface area contributed by atoms with Crippen LogP contribution in [0.25, 0.3) is 0 Å². The van der Waals surface area contributed by atoms with Gasteiger partial charge in [0, 0.05) is 24.3 Å². The van der Waals surface area contributed by atoms with E-state index in [0.29, 0.717) is 28.5 Å². The first kappa shape index (κ1) is 27.8. The number of methoxy groups -OCH3 is 3. The average Bonchev–Trinajstić information content (AvgIpc) is 2.90. The summed E-state index contributed by atoms with van der Waals surface area (Å²) in [5.74, 6) is -0.0476. The largest absolute Gasteiger partial charge is 0.493 e. The smallest absolute Gasteiger partial charge is 0.256 e. The molecule has 0 bridgehead atoms. The Kier molecular flexibility index (Phi) is 8.99. The number of ether oxygens (including phenoxy) is 3. The van der Waals surface area contributed by atoms with Gasteiger partial charge in [0.25, 0.3) is 5.91 Å². The Morgan fingerprint density at radius 1 is 1.00 bits per heavy atom. The Morgan fingerprint density at radius 2 is 1.62 bits per heavy atom. The number of benzene rings is 2. The molecule has 0 saturated heterocycles. The van der Waals surface area contributed by atoms with E-state index in [9.17, 15) is 9.59 Å². The van der Waals surface area contributed by atoms with E-state index in [1.54, 1.807) is 6.92 Å². The molecule has 37 heavy (non-hydrogen) atoms. The fourth-order valence-corrected chi connectivity index (χ4v) is 4.21. The van der Waals surface area contributed by atoms with Crippen molar-refractivity contribution in [3.05, 3.63) is 63.8 Å². The molecule has 0 heterocycles. The van der Waals surface area contributed by atoms with E-state index in [-0.39, 0.29) is 16.3 Å². The van der Waals surface area contributed by atoms with E-state index in [1.807, 2.05) is 19.1 Å². The molecule has 9 heteroatoms. The van der Waals surface area contributed by atoms with Crippen molar-refractivity contribution in [3.63, 3.8) is 0 Å². The van der Waals surface area contributed by atoms with E-state index in [2.05, 4.69) is 30.1 Å². The summed E-state index contributed by atoms with van der Waals surface area (Å²) in [4.78, 5) is 33.0. The van der Waals surface area contributed by atoms with E-state index in [1.165, 1.54) is 39.5 Å². The molecular formula is C28H32ClN3O5. The second-order valence-corrected chi connectivity index (χ2v) is 8.71. The van der Waals surface area contributed by atoms with Crippen molar-refractivity contribution in [1.29, 1.82) is 0 Å². The third kappa shape index (κ3) is 5.80. The van der Waals surface area contributed by atoms with Crippen LogP contribution in [0.15, 0.2) is 57.7 Å². The topological polar surface area (TPSA) is 89.5 Å². The molecule has 1 N–H and O–H groups in total. The lowest BCUT2D eigenvalue weighted by Gasteiger charge is -2.22. The van der Waals surface area contributed by atoms with E-state index in [0.717, 1.165) is 30.0 Å². The third-order valence-corrected chi connectivity index (χ3v) is 6.62. The lowest BCUT2D eigenvalue weighted by Crippen LogP contribution is -2.31. The van der Waals surface area contributed by atoms with Gasteiger partial charge in [-0.1, -0.05) is 11.6 Å². The molecule has 0 unspecified atom stereocenters. The van der Waals surface area contributed by atoms with Gasteiger partial charge in [-0.15, -0.1) is 0 Å². The number of nitrogens with zero attached hydrogens (tertiary/aromatic N) is 2. The van der Waals surface area contributed by atoms with Crippen molar-refractivity contribution in [1.82, 2.24) is 5.32 Å². The third-order valence-electron chi connectivity index (χ3n) is 6.16. The Morgan fingerprint density at radius 3 is 2.14 bits per heavy atom. The van der Waals surface area contributed by atoms with Crippen molar-refractivity contribution in [2.24, 2.45) is 4.99 Å². The van der Waals surface area contributed by atoms with Crippen LogP contribution in [0.5, 0.6) is 17.2 Å². The van der Waals surface area contributed by atoms with Crippen LogP contribution in [0, 0.1) is 6.92 Å². The number of nitrogens with one attached hydrogen (secondary N) is 1. The van der Waals surface area contributed by atoms with Gasteiger partial charge in [-0.25, -0.2) is 4.99 Å². The predicted octanol–water partition coefficient (Wildman–Crippen LogP) is 5.35. The van der Waals surface area contributed by atoms with Gasteiger partial charge in [0.1, 0.15) is 0 Å². The highest BCUT2D eigenvalue weighted by Gasteiger charge is 2.26. The fourth-order valence-electron chi connectivity index (χ4n) is 4.01. The lowest BCUT2D eigenvalue weighted by atomic mass is 10.0. The number of Topliss-reactive ketones (excluding diaryl/α,β-unsaturated/α-hetero) is 1. The number of carbonyl (C=O) groups excluding carboxylic acids is 2. The quantitative estimate of drug-likeness (QED) is 0.444. The van der Waals surface area contributed by atoms with Gasteiger partial charge >= 0.3 is 0 Å². The first-order valence-electron chi connectivity index (χ1n) is 11.9. The number of hydrogen-bond acceptors (Lipinski definition) is 7. The standard InChI is InChI=1S/C28H32ClN3O5/c1-8-32(9-2)19-10-11-20(16(3)12-19)30-21-15-22(26(33)25(29)17(21)4)31-28(34)18-13-23(35-5)27(37-7)24(14-18)36-6/h10-15H,8-9H2,1-7H3,(H,31,34). The Balaban J connectivity index is 1.97. The summed E-state index contributed by atoms with van der Waals surface area (Å²) in [5, 5.41) is 2.66. The van der Waals surface area contributed by atoms with Crippen molar-refractivity contribution in [2.45, 2.75) is 27.7 Å². The molecule has 0 aromatic heterocycles. The second kappa shape index (κ2) is 12.0. The predicted molar refractivity (Wildman–Crippen MR) is 147 cm³/mol. The number of aliphatic imine (C=N–C) groups is 1. The van der Waals surface area contributed by atoms with Crippen molar-refractivity contribution in [2.75, 3.05) is 39.3 Å². The number of hydrogen-bond donors (Lipinski definition) is 1. The summed E-state index contributed by atoms with van der Waals surface area (Å²) in [6.45, 7) is 9.74. The zero-order chi connectivity index (χ0) is 27.3. The molecule has 2 aromatic carbocycles. The van der Waals surface area contributed by atoms with Gasteiger partial charge in [0.15, 0.2) is 11.5 Å². The normalized spacial score (nSPS) is 14.4. The highest BCUT2D eigenvalue weighted by atomic mass is 35.5. The summed E-state index contributed by atoms with van der Waals surface area (Å²) in [5.41, 5.74) is 4.10. The van der Waals surface area contributed by atoms with E-state index in [4.69, 9.17) is 30.8 Å². The second-order valence-electron chi connectivity index (χ2n) is 8.33. The van der Waals surface area contributed by atoms with Gasteiger partial charge in [-0.05, 0) is 75.2 Å². The van der Waals surface area contributed by atoms with Crippen LogP contribution in [0.2, 0.25) is 0 Å². The molecule has 0 aliphatic heterocycles. The summed E-state index contributed by atoms with van der Waals surface area (Å²) in [6.07, 6.45) is 1.54. The summed E-state index contributed by atoms with van der Waals surface area (Å²) in [7, 11) is 4.39. The monoisotopic (exact) mass is 525 g/mol. The van der Waals surface area contributed by atoms with Crippen LogP contribution in [0.4, 0.5) is 11.4 Å². The first-order chi connectivity index (χ1) is 17.7. The summed E-state index contributed by atoms with van der Waals surface area (Å²) < 4.78 is 16.0. The molecule has 0 saturated carbocycles. The zero-order valence-electron chi connectivity index (χ0n) is 22.2. The van der Waals surface area contributed by atoms with Crippen molar-refractivity contribution in [3.8, 4) is 17.2 Å². The van der Waals surface area contributed by atoms with Gasteiger partial charge in [0.2, 0.25) is 11.5 Å². The van der Waals surface area contributed by atoms with E-state index >= 15 is 0 Å². The number of amides is 1. The molecule has 1 amide bonds. The van der Waals surface area contributed by atoms with E-state index < -0.39 is 11.7 Å². The number of allylic oxidation sites excluding steroid dienone is 3. The molecule has 8 nitrogen and oxygen atoms in total. The number of anilines is 1. The Bertz CT molecular complexity index is 1280. The minimum Gasteiger partial charge on any atom is -0.493 e. The van der Waals surface area contributed by atoms with Gasteiger partial charge in [-0.2, -0.15) is 0 Å². The van der Waals surface area contributed by atoms with Gasteiger partial charge in [-0.3, -0.25) is 9.59 Å². The van der Waals surface area contributed by atoms with Crippen LogP contribution in [-0.2, 0) is 4.79 Å². The van der Waals surface area contributed by atoms with Crippen molar-refractivity contribution >= 4 is 40.4 Å². The van der Waals surface area contributed by atoms with Gasteiger partial charge in [0.05, 0.1) is 43.5 Å². The molecule has 1 aliphatic carbocycles. The minimum atomic E-state index is -0.540.